The molecule has 44 heavy (non-hydrogen) atoms. The van der Waals surface area contributed by atoms with Crippen LogP contribution >= 0.6 is 0 Å². The van der Waals surface area contributed by atoms with Crippen molar-refractivity contribution in [1.82, 2.24) is 0 Å². The first kappa shape index (κ1) is 29.9. The highest BCUT2D eigenvalue weighted by molar-refractivity contribution is 6.58. The van der Waals surface area contributed by atoms with Gasteiger partial charge in [-0.25, -0.2) is 0 Å². The van der Waals surface area contributed by atoms with Crippen LogP contribution in [0.5, 0.6) is 11.5 Å². The van der Waals surface area contributed by atoms with Crippen molar-refractivity contribution in [2.45, 2.75) is 38.7 Å². The molecule has 1 aliphatic carbocycles. The van der Waals surface area contributed by atoms with Gasteiger partial charge in [-0.2, -0.15) is 0 Å². The van der Waals surface area contributed by atoms with Crippen LogP contribution in [0.1, 0.15) is 38.2 Å². The molecule has 2 heterocycles. The summed E-state index contributed by atoms with van der Waals surface area (Å²) in [5.41, 5.74) is 4.78. The highest BCUT2D eigenvalue weighted by atomic mass is 16.5. The Balaban J connectivity index is 1.28. The molecule has 9 heteroatoms. The van der Waals surface area contributed by atoms with Crippen molar-refractivity contribution in [1.29, 1.82) is 0 Å². The van der Waals surface area contributed by atoms with Gasteiger partial charge in [0, 0.05) is 5.92 Å². The lowest BCUT2D eigenvalue weighted by molar-refractivity contribution is -0.122. The van der Waals surface area contributed by atoms with Crippen LogP contribution in [-0.4, -0.2) is 53.4 Å². The van der Waals surface area contributed by atoms with Crippen molar-refractivity contribution in [3.05, 3.63) is 101 Å². The van der Waals surface area contributed by atoms with Crippen LogP contribution in [0, 0.1) is 17.8 Å². The third-order valence-electron chi connectivity index (χ3n) is 9.01. The van der Waals surface area contributed by atoms with E-state index in [-0.39, 0.29) is 35.0 Å². The number of ether oxygens (including phenoxy) is 2. The molecular formula is C35H36BNO7. The maximum atomic E-state index is 14.0. The molecule has 0 unspecified atom stereocenters. The van der Waals surface area contributed by atoms with Gasteiger partial charge in [-0.15, -0.1) is 0 Å². The number of nitrogens with zero attached hydrogens (tertiary/aromatic N) is 1. The number of allylic oxidation sites excluding steroid dienone is 1. The van der Waals surface area contributed by atoms with E-state index in [0.717, 1.165) is 41.7 Å². The number of carbonyl (C=O) groups excluding carboxylic acids is 2. The third-order valence-corrected chi connectivity index (χ3v) is 9.01. The molecule has 8 nitrogen and oxygen atoms in total. The van der Waals surface area contributed by atoms with Crippen LogP contribution in [0.3, 0.4) is 0 Å². The number of hydrogen-bond acceptors (Lipinski definition) is 7. The Labute approximate surface area is 257 Å². The number of anilines is 1. The van der Waals surface area contributed by atoms with Gasteiger partial charge in [0.1, 0.15) is 18.1 Å². The van der Waals surface area contributed by atoms with Gasteiger partial charge in [-0.05, 0) is 84.3 Å². The number of imide groups is 1. The van der Waals surface area contributed by atoms with Crippen LogP contribution < -0.4 is 15.1 Å². The zero-order chi connectivity index (χ0) is 30.8. The normalized spacial score (nSPS) is 23.2. The number of phenolic OH excluding ortho intramolecular Hbond substituents is 1. The summed E-state index contributed by atoms with van der Waals surface area (Å²) in [6.07, 6.45) is 4.64. The van der Waals surface area contributed by atoms with Crippen molar-refractivity contribution >= 4 is 36.2 Å². The van der Waals surface area contributed by atoms with Crippen LogP contribution in [0.15, 0.2) is 95.6 Å². The van der Waals surface area contributed by atoms with E-state index in [2.05, 4.69) is 13.0 Å². The minimum absolute atomic E-state index is 0.209. The first-order chi connectivity index (χ1) is 21.3. The second kappa shape index (κ2) is 12.8. The standard InChI is InChI=1S/C35H36BNO7/c1-2-22(16-23-8-6-11-27(38)17-23)14-15-31-32-24(20-43-28-12-4-3-5-13-28)18-29-33(30(32)21-44-31)35(40)37(34(29)39)26-10-7-9-25(19-26)36(41)42/h3-13,16-17,19,29-31,33,38,41-42H,2,14-15,18,20-21H2,1H3/b22-16+/t29-,30+,31-,33-/m1/s1. The van der Waals surface area contributed by atoms with E-state index >= 15 is 0 Å². The van der Waals surface area contributed by atoms with Gasteiger partial charge in [0.05, 0.1) is 30.2 Å². The fourth-order valence-electron chi connectivity index (χ4n) is 6.89. The predicted molar refractivity (Wildman–Crippen MR) is 168 cm³/mol. The van der Waals surface area contributed by atoms with E-state index in [1.54, 1.807) is 30.3 Å². The van der Waals surface area contributed by atoms with Gasteiger partial charge in [-0.1, -0.05) is 61.0 Å². The number of benzene rings is 3. The number of phenols is 1. The lowest BCUT2D eigenvalue weighted by atomic mass is 9.69. The SMILES string of the molecule is CC/C(=C\c1cccc(O)c1)CC[C@H]1OC[C@H]2C1=C(COc1ccccc1)C[C@H]1C(=O)N(c3cccc(B(O)O)c3)C(=O)[C@H]12. The summed E-state index contributed by atoms with van der Waals surface area (Å²) in [6, 6.07) is 23.0. The lowest BCUT2D eigenvalue weighted by Gasteiger charge is -2.31. The largest absolute Gasteiger partial charge is 0.508 e. The van der Waals surface area contributed by atoms with E-state index in [1.165, 1.54) is 16.5 Å². The Morgan fingerprint density at radius 3 is 2.55 bits per heavy atom. The highest BCUT2D eigenvalue weighted by Crippen LogP contribution is 2.50. The summed E-state index contributed by atoms with van der Waals surface area (Å²) in [4.78, 5) is 29.0. The maximum Gasteiger partial charge on any atom is 0.488 e. The van der Waals surface area contributed by atoms with Crippen molar-refractivity contribution in [2.24, 2.45) is 17.8 Å². The van der Waals surface area contributed by atoms with Crippen molar-refractivity contribution in [3.63, 3.8) is 0 Å². The van der Waals surface area contributed by atoms with Gasteiger partial charge < -0.3 is 24.6 Å². The molecule has 0 spiro atoms. The molecule has 3 aromatic rings. The second-order valence-electron chi connectivity index (χ2n) is 11.7. The van der Waals surface area contributed by atoms with Gasteiger partial charge in [0.15, 0.2) is 0 Å². The first-order valence-corrected chi connectivity index (χ1v) is 15.2. The number of rotatable bonds is 10. The number of amides is 2. The van der Waals surface area contributed by atoms with Crippen molar-refractivity contribution in [3.8, 4) is 11.5 Å². The highest BCUT2D eigenvalue weighted by Gasteiger charge is 2.57. The number of aromatic hydroxyl groups is 1. The van der Waals surface area contributed by atoms with Gasteiger partial charge in [0.2, 0.25) is 11.8 Å². The summed E-state index contributed by atoms with van der Waals surface area (Å²) in [5, 5.41) is 29.3. The smallest absolute Gasteiger partial charge is 0.488 e. The Morgan fingerprint density at radius 1 is 1.00 bits per heavy atom. The van der Waals surface area contributed by atoms with Crippen LogP contribution in [0.2, 0.25) is 0 Å². The quantitative estimate of drug-likeness (QED) is 0.183. The molecule has 2 saturated heterocycles. The Morgan fingerprint density at radius 2 is 1.80 bits per heavy atom. The minimum Gasteiger partial charge on any atom is -0.508 e. The summed E-state index contributed by atoms with van der Waals surface area (Å²) in [5.74, 6) is -0.964. The van der Waals surface area contributed by atoms with Crippen LogP contribution in [-0.2, 0) is 14.3 Å². The van der Waals surface area contributed by atoms with Gasteiger partial charge >= 0.3 is 7.12 Å². The number of hydrogen-bond donors (Lipinski definition) is 3. The predicted octanol–water partition coefficient (Wildman–Crippen LogP) is 4.25. The maximum absolute atomic E-state index is 14.0. The number of para-hydroxylation sites is 1. The molecule has 3 N–H and O–H groups in total. The van der Waals surface area contributed by atoms with Gasteiger partial charge in [-0.3, -0.25) is 14.5 Å². The topological polar surface area (TPSA) is 117 Å². The molecule has 0 radical (unpaired) electrons. The molecule has 2 fully saturated rings. The average Bonchev–Trinajstić information content (AvgIpc) is 3.56. The summed E-state index contributed by atoms with van der Waals surface area (Å²) in [7, 11) is -1.71. The molecule has 3 aromatic carbocycles. The molecular weight excluding hydrogens is 557 g/mol. The molecule has 2 amide bonds. The fourth-order valence-corrected chi connectivity index (χ4v) is 6.89. The molecule has 226 valence electrons. The Hall–Kier alpha value is -4.18. The van der Waals surface area contributed by atoms with E-state index in [1.807, 2.05) is 42.5 Å². The van der Waals surface area contributed by atoms with Crippen LogP contribution in [0.4, 0.5) is 5.69 Å². The Bertz CT molecular complexity index is 1600. The molecule has 3 aliphatic rings. The first-order valence-electron chi connectivity index (χ1n) is 15.2. The van der Waals surface area contributed by atoms with E-state index in [0.29, 0.717) is 25.3 Å². The Kier molecular flexibility index (Phi) is 8.71. The molecule has 0 saturated carbocycles. The lowest BCUT2D eigenvalue weighted by Crippen LogP contribution is -2.36. The fraction of sp³-hybridized carbons (Fsp3) is 0.314. The molecule has 6 rings (SSSR count). The monoisotopic (exact) mass is 593 g/mol. The zero-order valence-corrected chi connectivity index (χ0v) is 24.6. The van der Waals surface area contributed by atoms with Gasteiger partial charge in [0.25, 0.3) is 0 Å². The van der Waals surface area contributed by atoms with Crippen LogP contribution in [0.25, 0.3) is 6.08 Å². The zero-order valence-electron chi connectivity index (χ0n) is 24.6. The van der Waals surface area contributed by atoms with Crippen molar-refractivity contribution in [2.75, 3.05) is 18.1 Å². The molecule has 2 aliphatic heterocycles. The summed E-state index contributed by atoms with van der Waals surface area (Å²) >= 11 is 0. The van der Waals surface area contributed by atoms with E-state index in [9.17, 15) is 24.7 Å². The van der Waals surface area contributed by atoms with Crippen molar-refractivity contribution < 1.29 is 34.2 Å². The molecule has 4 atom stereocenters. The summed E-state index contributed by atoms with van der Waals surface area (Å²) in [6.45, 7) is 2.75. The minimum atomic E-state index is -1.71. The van der Waals surface area contributed by atoms with E-state index in [4.69, 9.17) is 9.47 Å². The number of carbonyl (C=O) groups is 2. The van der Waals surface area contributed by atoms with E-state index < -0.39 is 19.0 Å². The third kappa shape index (κ3) is 5.95. The summed E-state index contributed by atoms with van der Waals surface area (Å²) < 4.78 is 12.6. The molecule has 0 aromatic heterocycles. The second-order valence-corrected chi connectivity index (χ2v) is 11.7. The number of fused-ring (bicyclic) bond motifs is 3. The average molecular weight is 593 g/mol. The molecule has 0 bridgehead atoms.